The predicted molar refractivity (Wildman–Crippen MR) is 232 cm³/mol. The summed E-state index contributed by atoms with van der Waals surface area (Å²) in [6.07, 6.45) is 0. The van der Waals surface area contributed by atoms with Gasteiger partial charge in [0.1, 0.15) is 0 Å². The molecule has 5 heterocycles. The molecule has 3 aromatic heterocycles. The molecule has 2 aliphatic heterocycles. The molecule has 0 aliphatic carbocycles. The smallest absolute Gasteiger partial charge is 0.253 e. The van der Waals surface area contributed by atoms with Crippen LogP contribution in [0.25, 0.3) is 82.5 Å². The average molecular weight is 694 g/mol. The summed E-state index contributed by atoms with van der Waals surface area (Å²) < 4.78 is 7.71. The molecule has 0 radical (unpaired) electrons. The normalized spacial score (nSPS) is 13.7. The van der Waals surface area contributed by atoms with Gasteiger partial charge in [-0.1, -0.05) is 114 Å². The first-order chi connectivity index (χ1) is 26.1. The molecule has 3 nitrogen and oxygen atoms in total. The minimum atomic E-state index is -0.0330. The van der Waals surface area contributed by atoms with Gasteiger partial charge in [-0.05, 0) is 99.0 Å². The van der Waals surface area contributed by atoms with Crippen LogP contribution in [0.5, 0.6) is 0 Å². The zero-order valence-electron chi connectivity index (χ0n) is 31.6. The number of hydrogen-bond acceptors (Lipinski definition) is 0. The van der Waals surface area contributed by atoms with Crippen LogP contribution < -0.4 is 16.4 Å². The molecule has 258 valence electrons. The van der Waals surface area contributed by atoms with E-state index in [-0.39, 0.29) is 17.5 Å². The summed E-state index contributed by atoms with van der Waals surface area (Å²) in [5.41, 5.74) is 18.5. The maximum Gasteiger partial charge on any atom is 0.253 e. The standard InChI is InChI=1S/C50H40BN3/c1-49(2,3)29-23-24-40-34(25-29)35-26-30(50(4,5)6)27-37-47(35)53(40)41-21-14-22-42-45(41)51(37)46-44-33-18-11-13-20-39(33)52(31-15-8-7-9-16-31)43(44)28-36-32-17-10-12-19-38(32)54(42)48(36)46/h7-28H,1-6H3. The van der Waals surface area contributed by atoms with Gasteiger partial charge < -0.3 is 13.7 Å². The third-order valence-electron chi connectivity index (χ3n) is 12.7. The van der Waals surface area contributed by atoms with Gasteiger partial charge >= 0.3 is 0 Å². The van der Waals surface area contributed by atoms with Gasteiger partial charge in [-0.15, -0.1) is 0 Å². The highest BCUT2D eigenvalue weighted by molar-refractivity contribution is 7.02. The minimum absolute atomic E-state index is 0.0330. The van der Waals surface area contributed by atoms with Crippen LogP contribution >= 0.6 is 0 Å². The maximum atomic E-state index is 2.61. The molecule has 0 N–H and O–H groups in total. The van der Waals surface area contributed by atoms with Crippen LogP contribution in [0.2, 0.25) is 0 Å². The van der Waals surface area contributed by atoms with Crippen molar-refractivity contribution in [3.05, 3.63) is 145 Å². The molecule has 0 saturated carbocycles. The molecule has 10 aromatic rings. The van der Waals surface area contributed by atoms with E-state index in [4.69, 9.17) is 0 Å². The van der Waals surface area contributed by atoms with Gasteiger partial charge in [0.05, 0.1) is 27.6 Å². The lowest BCUT2D eigenvalue weighted by molar-refractivity contribution is 0.590. The van der Waals surface area contributed by atoms with Gasteiger partial charge in [-0.3, -0.25) is 0 Å². The van der Waals surface area contributed by atoms with E-state index in [2.05, 4.69) is 189 Å². The molecule has 0 bridgehead atoms. The fourth-order valence-corrected chi connectivity index (χ4v) is 10.2. The van der Waals surface area contributed by atoms with E-state index < -0.39 is 0 Å². The number of nitrogens with zero attached hydrogens (tertiary/aromatic N) is 3. The number of benzene rings is 7. The number of aromatic nitrogens is 3. The van der Waals surface area contributed by atoms with E-state index in [1.807, 2.05) is 0 Å². The molecule has 0 unspecified atom stereocenters. The van der Waals surface area contributed by atoms with Crippen molar-refractivity contribution in [2.45, 2.75) is 52.4 Å². The number of hydrogen-bond donors (Lipinski definition) is 0. The minimum Gasteiger partial charge on any atom is -0.310 e. The van der Waals surface area contributed by atoms with Crippen molar-refractivity contribution in [2.75, 3.05) is 0 Å². The summed E-state index contributed by atoms with van der Waals surface area (Å²) in [4.78, 5) is 0. The van der Waals surface area contributed by atoms with E-state index >= 15 is 0 Å². The molecule has 54 heavy (non-hydrogen) atoms. The van der Waals surface area contributed by atoms with E-state index in [1.165, 1.54) is 110 Å². The Balaban J connectivity index is 1.35. The van der Waals surface area contributed by atoms with E-state index in [9.17, 15) is 0 Å². The highest BCUT2D eigenvalue weighted by Crippen LogP contribution is 2.44. The number of fused-ring (bicyclic) bond motifs is 14. The second-order valence-corrected chi connectivity index (χ2v) is 17.8. The van der Waals surface area contributed by atoms with Crippen LogP contribution in [0.4, 0.5) is 0 Å². The SMILES string of the molecule is CC(C)(C)c1ccc2c(c1)c1cc(C(C)(C)C)cc3c1n2-c1cccc2c1B3c1c3c4ccccc4n(-c4ccccc4)c3cc3c4ccccc4n-2c13. The Labute approximate surface area is 315 Å². The second-order valence-electron chi connectivity index (χ2n) is 17.8. The lowest BCUT2D eigenvalue weighted by Crippen LogP contribution is -2.59. The first kappa shape index (κ1) is 30.5. The Morgan fingerprint density at radius 2 is 1.00 bits per heavy atom. The highest BCUT2D eigenvalue weighted by Gasteiger charge is 2.43. The largest absolute Gasteiger partial charge is 0.310 e. The summed E-state index contributed by atoms with van der Waals surface area (Å²) in [5.74, 6) is 0. The lowest BCUT2D eigenvalue weighted by Gasteiger charge is -2.35. The monoisotopic (exact) mass is 693 g/mol. The van der Waals surface area contributed by atoms with Crippen molar-refractivity contribution in [1.82, 2.24) is 13.7 Å². The molecule has 12 rings (SSSR count). The third kappa shape index (κ3) is 3.69. The molecule has 0 amide bonds. The van der Waals surface area contributed by atoms with Gasteiger partial charge in [-0.2, -0.15) is 0 Å². The predicted octanol–water partition coefficient (Wildman–Crippen LogP) is 10.7. The summed E-state index contributed by atoms with van der Waals surface area (Å²) in [6, 6.07) is 50.9. The van der Waals surface area contributed by atoms with Crippen LogP contribution in [0.15, 0.2) is 133 Å². The molecule has 4 heteroatoms. The van der Waals surface area contributed by atoms with Crippen molar-refractivity contribution >= 4 is 88.5 Å². The molecule has 7 aromatic carbocycles. The van der Waals surface area contributed by atoms with Crippen molar-refractivity contribution in [2.24, 2.45) is 0 Å². The van der Waals surface area contributed by atoms with Crippen molar-refractivity contribution in [1.29, 1.82) is 0 Å². The Bertz CT molecular complexity index is 3280. The van der Waals surface area contributed by atoms with E-state index in [0.29, 0.717) is 0 Å². The van der Waals surface area contributed by atoms with Crippen molar-refractivity contribution < 1.29 is 0 Å². The van der Waals surface area contributed by atoms with Gasteiger partial charge in [0.2, 0.25) is 0 Å². The average Bonchev–Trinajstić information content (AvgIpc) is 3.80. The summed E-state index contributed by atoms with van der Waals surface area (Å²) >= 11 is 0. The van der Waals surface area contributed by atoms with Crippen molar-refractivity contribution in [3.8, 4) is 17.1 Å². The number of para-hydroxylation sites is 3. The number of rotatable bonds is 1. The zero-order valence-corrected chi connectivity index (χ0v) is 31.6. The summed E-state index contributed by atoms with van der Waals surface area (Å²) in [6.45, 7) is 14.1. The fourth-order valence-electron chi connectivity index (χ4n) is 10.2. The van der Waals surface area contributed by atoms with Crippen LogP contribution in [-0.2, 0) is 10.8 Å². The first-order valence-electron chi connectivity index (χ1n) is 19.4. The molecule has 0 saturated heterocycles. The highest BCUT2D eigenvalue weighted by atomic mass is 15.0. The van der Waals surface area contributed by atoms with Crippen LogP contribution in [0, 0.1) is 0 Å². The summed E-state index contributed by atoms with van der Waals surface area (Å²) in [5, 5.41) is 7.96. The Kier molecular flexibility index (Phi) is 5.61. The van der Waals surface area contributed by atoms with Crippen LogP contribution in [0.3, 0.4) is 0 Å². The Morgan fingerprint density at radius 1 is 0.407 bits per heavy atom. The molecular weight excluding hydrogens is 653 g/mol. The second kappa shape index (κ2) is 9.95. The van der Waals surface area contributed by atoms with E-state index in [0.717, 1.165) is 0 Å². The van der Waals surface area contributed by atoms with E-state index in [1.54, 1.807) is 0 Å². The molecular formula is C50H40BN3. The lowest BCUT2D eigenvalue weighted by atomic mass is 9.33. The third-order valence-corrected chi connectivity index (χ3v) is 12.7. The first-order valence-corrected chi connectivity index (χ1v) is 19.4. The molecule has 2 aliphatic rings. The Morgan fingerprint density at radius 3 is 1.72 bits per heavy atom. The summed E-state index contributed by atoms with van der Waals surface area (Å²) in [7, 11) is 0. The quantitative estimate of drug-likeness (QED) is 0.152. The van der Waals surface area contributed by atoms with Gasteiger partial charge in [0.15, 0.2) is 0 Å². The molecule has 0 spiro atoms. The maximum absolute atomic E-state index is 2.61. The van der Waals surface area contributed by atoms with Crippen LogP contribution in [0.1, 0.15) is 52.7 Å². The van der Waals surface area contributed by atoms with Gasteiger partial charge in [0, 0.05) is 54.9 Å². The van der Waals surface area contributed by atoms with Crippen molar-refractivity contribution in [3.63, 3.8) is 0 Å². The molecule has 0 fully saturated rings. The fraction of sp³-hybridized carbons (Fsp3) is 0.160. The van der Waals surface area contributed by atoms with Crippen LogP contribution in [-0.4, -0.2) is 20.4 Å². The van der Waals surface area contributed by atoms with Gasteiger partial charge in [0.25, 0.3) is 6.71 Å². The Hall–Kier alpha value is -6.00. The zero-order chi connectivity index (χ0) is 36.4. The van der Waals surface area contributed by atoms with Gasteiger partial charge in [-0.25, -0.2) is 0 Å². The topological polar surface area (TPSA) is 14.8 Å². The molecule has 0 atom stereocenters.